The zero-order valence-corrected chi connectivity index (χ0v) is 15.1. The standard InChI is InChI=1S/C14H25N3O7S/c1-3-23-8(2)24-14(22)9(15)4-5-11(18)17-10(7-25)13(21)16-6-12(19)20/h8-10,25H,3-7,15H2,1-2H3,(H,16,21)(H,17,18)(H,19,20). The van der Waals surface area contributed by atoms with Gasteiger partial charge in [-0.25, -0.2) is 0 Å². The fourth-order valence-corrected chi connectivity index (χ4v) is 1.93. The maximum Gasteiger partial charge on any atom is 0.325 e. The Hall–Kier alpha value is -1.85. The molecule has 11 heteroatoms. The van der Waals surface area contributed by atoms with E-state index < -0.39 is 48.7 Å². The molecule has 0 bridgehead atoms. The van der Waals surface area contributed by atoms with Crippen molar-refractivity contribution >= 4 is 36.4 Å². The lowest BCUT2D eigenvalue weighted by Crippen LogP contribution is -2.49. The monoisotopic (exact) mass is 379 g/mol. The quantitative estimate of drug-likeness (QED) is 0.158. The van der Waals surface area contributed by atoms with Gasteiger partial charge < -0.3 is 30.9 Å². The largest absolute Gasteiger partial charge is 0.480 e. The molecule has 0 aromatic heterocycles. The van der Waals surface area contributed by atoms with Crippen LogP contribution in [0.1, 0.15) is 26.7 Å². The second kappa shape index (κ2) is 12.5. The second-order valence-electron chi connectivity index (χ2n) is 5.02. The van der Waals surface area contributed by atoms with E-state index in [9.17, 15) is 19.2 Å². The summed E-state index contributed by atoms with van der Waals surface area (Å²) in [6.07, 6.45) is -0.834. The van der Waals surface area contributed by atoms with Gasteiger partial charge in [-0.1, -0.05) is 0 Å². The van der Waals surface area contributed by atoms with Gasteiger partial charge in [-0.15, -0.1) is 0 Å². The zero-order valence-electron chi connectivity index (χ0n) is 14.2. The SMILES string of the molecule is CCOC(C)OC(=O)C(N)CCC(=O)NC(CS)C(=O)NCC(=O)O. The topological polar surface area (TPSA) is 157 Å². The minimum atomic E-state index is -1.21. The van der Waals surface area contributed by atoms with E-state index in [1.165, 1.54) is 0 Å². The highest BCUT2D eigenvalue weighted by molar-refractivity contribution is 7.80. The lowest BCUT2D eigenvalue weighted by molar-refractivity contribution is -0.175. The molecule has 2 amide bonds. The van der Waals surface area contributed by atoms with Crippen LogP contribution >= 0.6 is 12.6 Å². The van der Waals surface area contributed by atoms with Gasteiger partial charge in [0.25, 0.3) is 0 Å². The Balaban J connectivity index is 4.28. The van der Waals surface area contributed by atoms with Crippen LogP contribution in [0.4, 0.5) is 0 Å². The first-order valence-corrected chi connectivity index (χ1v) is 8.31. The summed E-state index contributed by atoms with van der Waals surface area (Å²) in [6, 6.07) is -2.00. The van der Waals surface area contributed by atoms with Crippen molar-refractivity contribution in [1.29, 1.82) is 0 Å². The van der Waals surface area contributed by atoms with Gasteiger partial charge >= 0.3 is 11.9 Å². The first-order valence-electron chi connectivity index (χ1n) is 7.68. The molecular weight excluding hydrogens is 354 g/mol. The number of carbonyl (C=O) groups is 4. The number of nitrogens with one attached hydrogen (secondary N) is 2. The van der Waals surface area contributed by atoms with Crippen LogP contribution in [0, 0.1) is 0 Å². The summed E-state index contributed by atoms with van der Waals surface area (Å²) in [5, 5.41) is 13.0. The van der Waals surface area contributed by atoms with Crippen LogP contribution in [0.5, 0.6) is 0 Å². The summed E-state index contributed by atoms with van der Waals surface area (Å²) < 4.78 is 9.98. The number of carboxylic acids is 1. The first kappa shape index (κ1) is 23.1. The number of nitrogens with two attached hydrogens (primary N) is 1. The lowest BCUT2D eigenvalue weighted by atomic mass is 10.1. The Morgan fingerprint density at radius 2 is 1.92 bits per heavy atom. The van der Waals surface area contributed by atoms with Gasteiger partial charge in [-0.3, -0.25) is 19.2 Å². The number of hydrogen-bond donors (Lipinski definition) is 5. The Morgan fingerprint density at radius 3 is 2.44 bits per heavy atom. The van der Waals surface area contributed by atoms with Crippen LogP contribution in [-0.2, 0) is 28.7 Å². The molecule has 0 aromatic carbocycles. The first-order chi connectivity index (χ1) is 11.7. The van der Waals surface area contributed by atoms with E-state index in [1.807, 2.05) is 0 Å². The number of hydrogen-bond acceptors (Lipinski definition) is 8. The van der Waals surface area contributed by atoms with Crippen molar-refractivity contribution in [2.45, 2.75) is 45.1 Å². The number of aliphatic carboxylic acids is 1. The number of ether oxygens (including phenoxy) is 2. The van der Waals surface area contributed by atoms with Gasteiger partial charge in [-0.05, 0) is 20.3 Å². The van der Waals surface area contributed by atoms with Gasteiger partial charge in [0, 0.05) is 18.8 Å². The number of thiol groups is 1. The molecule has 144 valence electrons. The molecule has 0 aliphatic heterocycles. The van der Waals surface area contributed by atoms with Crippen LogP contribution in [0.2, 0.25) is 0 Å². The van der Waals surface area contributed by atoms with Crippen LogP contribution in [0.15, 0.2) is 0 Å². The Morgan fingerprint density at radius 1 is 1.28 bits per heavy atom. The molecular formula is C14H25N3O7S. The molecule has 0 radical (unpaired) electrons. The predicted octanol–water partition coefficient (Wildman–Crippen LogP) is -1.36. The maximum atomic E-state index is 11.8. The van der Waals surface area contributed by atoms with E-state index in [2.05, 4.69) is 23.3 Å². The molecule has 0 fully saturated rings. The van der Waals surface area contributed by atoms with Crippen LogP contribution < -0.4 is 16.4 Å². The molecule has 5 N–H and O–H groups in total. The number of esters is 1. The highest BCUT2D eigenvalue weighted by Crippen LogP contribution is 2.02. The van der Waals surface area contributed by atoms with E-state index in [1.54, 1.807) is 13.8 Å². The minimum Gasteiger partial charge on any atom is -0.480 e. The third kappa shape index (κ3) is 10.6. The molecule has 25 heavy (non-hydrogen) atoms. The summed E-state index contributed by atoms with van der Waals surface area (Å²) in [4.78, 5) is 45.6. The van der Waals surface area contributed by atoms with Crippen molar-refractivity contribution in [2.24, 2.45) is 5.73 Å². The molecule has 0 aliphatic rings. The molecule has 0 saturated heterocycles. The molecule has 0 spiro atoms. The molecule has 0 aliphatic carbocycles. The maximum absolute atomic E-state index is 11.8. The highest BCUT2D eigenvalue weighted by atomic mass is 32.1. The van der Waals surface area contributed by atoms with Crippen molar-refractivity contribution in [2.75, 3.05) is 18.9 Å². The average molecular weight is 379 g/mol. The van der Waals surface area contributed by atoms with E-state index in [4.69, 9.17) is 20.3 Å². The lowest BCUT2D eigenvalue weighted by Gasteiger charge is -2.18. The molecule has 3 unspecified atom stereocenters. The number of amides is 2. The number of carbonyl (C=O) groups excluding carboxylic acids is 3. The molecule has 0 heterocycles. The third-order valence-electron chi connectivity index (χ3n) is 2.92. The van der Waals surface area contributed by atoms with E-state index in [-0.39, 0.29) is 18.6 Å². The fraction of sp³-hybridized carbons (Fsp3) is 0.714. The van der Waals surface area contributed by atoms with E-state index in [0.717, 1.165) is 0 Å². The fourth-order valence-electron chi connectivity index (χ4n) is 1.67. The van der Waals surface area contributed by atoms with Gasteiger partial charge in [-0.2, -0.15) is 12.6 Å². The molecule has 0 saturated carbocycles. The molecule has 0 aromatic rings. The van der Waals surface area contributed by atoms with Crippen LogP contribution in [0.3, 0.4) is 0 Å². The van der Waals surface area contributed by atoms with Gasteiger partial charge in [0.05, 0.1) is 0 Å². The Kier molecular flexibility index (Phi) is 11.6. The third-order valence-corrected chi connectivity index (χ3v) is 3.28. The van der Waals surface area contributed by atoms with Crippen molar-refractivity contribution in [3.8, 4) is 0 Å². The molecule has 3 atom stereocenters. The molecule has 0 rings (SSSR count). The summed E-state index contributed by atoms with van der Waals surface area (Å²) in [5.74, 6) is -3.11. The summed E-state index contributed by atoms with van der Waals surface area (Å²) in [6.45, 7) is 3.11. The van der Waals surface area contributed by atoms with Crippen molar-refractivity contribution < 1.29 is 33.8 Å². The smallest absolute Gasteiger partial charge is 0.325 e. The van der Waals surface area contributed by atoms with Crippen molar-refractivity contribution in [3.63, 3.8) is 0 Å². The van der Waals surface area contributed by atoms with Crippen molar-refractivity contribution in [1.82, 2.24) is 10.6 Å². The average Bonchev–Trinajstić information content (AvgIpc) is 2.55. The van der Waals surface area contributed by atoms with E-state index in [0.29, 0.717) is 6.61 Å². The van der Waals surface area contributed by atoms with Gasteiger partial charge in [0.1, 0.15) is 18.6 Å². The van der Waals surface area contributed by atoms with Crippen LogP contribution in [0.25, 0.3) is 0 Å². The summed E-state index contributed by atoms with van der Waals surface area (Å²) >= 11 is 3.94. The normalized spacial score (nSPS) is 14.1. The van der Waals surface area contributed by atoms with E-state index >= 15 is 0 Å². The Labute approximate surface area is 151 Å². The number of rotatable bonds is 12. The number of carboxylic acid groups (broad SMARTS) is 1. The Bertz CT molecular complexity index is 475. The second-order valence-corrected chi connectivity index (χ2v) is 5.38. The summed E-state index contributed by atoms with van der Waals surface area (Å²) in [7, 11) is 0. The summed E-state index contributed by atoms with van der Waals surface area (Å²) in [5.41, 5.74) is 5.64. The highest BCUT2D eigenvalue weighted by Gasteiger charge is 2.22. The zero-order chi connectivity index (χ0) is 19.4. The van der Waals surface area contributed by atoms with Crippen molar-refractivity contribution in [3.05, 3.63) is 0 Å². The van der Waals surface area contributed by atoms with Gasteiger partial charge in [0.15, 0.2) is 6.29 Å². The van der Waals surface area contributed by atoms with Crippen LogP contribution in [-0.4, -0.2) is 66.1 Å². The van der Waals surface area contributed by atoms with Gasteiger partial charge in [0.2, 0.25) is 11.8 Å². The molecule has 10 nitrogen and oxygen atoms in total. The predicted molar refractivity (Wildman–Crippen MR) is 90.8 cm³/mol. The minimum absolute atomic E-state index is 0.0134.